The molecule has 0 aromatic carbocycles. The summed E-state index contributed by atoms with van der Waals surface area (Å²) in [6, 6.07) is 4.39. The number of pyridine rings is 1. The van der Waals surface area contributed by atoms with Crippen molar-refractivity contribution in [2.75, 3.05) is 26.7 Å². The summed E-state index contributed by atoms with van der Waals surface area (Å²) in [5.41, 5.74) is 3.27. The lowest BCUT2D eigenvalue weighted by molar-refractivity contribution is -0.135. The number of carbonyl (C=O) groups excluding carboxylic acids is 1. The van der Waals surface area contributed by atoms with Crippen LogP contribution in [0.15, 0.2) is 29.5 Å². The Labute approximate surface area is 179 Å². The van der Waals surface area contributed by atoms with E-state index in [-0.39, 0.29) is 12.0 Å². The zero-order valence-electron chi connectivity index (χ0n) is 18.2. The highest BCUT2D eigenvalue weighted by molar-refractivity contribution is 5.81. The Hall–Kier alpha value is -2.57. The van der Waals surface area contributed by atoms with Gasteiger partial charge in [0.2, 0.25) is 5.91 Å². The zero-order valence-corrected chi connectivity index (χ0v) is 18.2. The third-order valence-corrected chi connectivity index (χ3v) is 6.42. The molecule has 0 radical (unpaired) electrons. The van der Waals surface area contributed by atoms with E-state index >= 15 is 0 Å². The summed E-state index contributed by atoms with van der Waals surface area (Å²) in [6.45, 7) is 4.48. The van der Waals surface area contributed by atoms with Gasteiger partial charge in [-0.1, -0.05) is 25.3 Å². The summed E-state index contributed by atoms with van der Waals surface area (Å²) in [4.78, 5) is 23.9. The molecule has 1 aliphatic carbocycles. The van der Waals surface area contributed by atoms with E-state index < -0.39 is 0 Å². The van der Waals surface area contributed by atoms with Crippen molar-refractivity contribution in [3.05, 3.63) is 35.8 Å². The number of fused-ring (bicyclic) bond motifs is 1. The normalized spacial score (nSPS) is 20.7. The molecule has 2 aliphatic rings. The number of imidazole rings is 1. The predicted molar refractivity (Wildman–Crippen MR) is 120 cm³/mol. The van der Waals surface area contributed by atoms with Crippen LogP contribution in [0.25, 0.3) is 5.65 Å². The van der Waals surface area contributed by atoms with Crippen LogP contribution in [0.2, 0.25) is 0 Å². The third kappa shape index (κ3) is 4.77. The molecule has 1 saturated heterocycles. The van der Waals surface area contributed by atoms with Crippen molar-refractivity contribution in [2.45, 2.75) is 57.9 Å². The molecule has 1 atom stereocenters. The highest BCUT2D eigenvalue weighted by Gasteiger charge is 2.31. The van der Waals surface area contributed by atoms with Gasteiger partial charge in [-0.15, -0.1) is 0 Å². The first-order chi connectivity index (χ1) is 14.6. The minimum absolute atomic E-state index is 0.254. The van der Waals surface area contributed by atoms with Crippen molar-refractivity contribution >= 4 is 17.5 Å². The van der Waals surface area contributed by atoms with Gasteiger partial charge in [-0.25, -0.2) is 4.98 Å². The Kier molecular flexibility index (Phi) is 6.55. The molecule has 2 N–H and O–H groups in total. The second-order valence-corrected chi connectivity index (χ2v) is 8.65. The first kappa shape index (κ1) is 20.7. The molecule has 0 bridgehead atoms. The summed E-state index contributed by atoms with van der Waals surface area (Å²) >= 11 is 0. The van der Waals surface area contributed by atoms with Crippen molar-refractivity contribution in [3.63, 3.8) is 0 Å². The number of rotatable bonds is 5. The molecule has 0 spiro atoms. The lowest BCUT2D eigenvalue weighted by Crippen LogP contribution is -2.46. The SMILES string of the molecule is CN=C(NCCc1cn2cccc(C)c2n1)NC1CCN(C(=O)C2CCCCC2)C1. The van der Waals surface area contributed by atoms with E-state index in [1.807, 2.05) is 12.3 Å². The van der Waals surface area contributed by atoms with Gasteiger partial charge in [0.05, 0.1) is 5.69 Å². The molecule has 1 saturated carbocycles. The van der Waals surface area contributed by atoms with Gasteiger partial charge in [0.1, 0.15) is 5.65 Å². The molecule has 2 fully saturated rings. The Balaban J connectivity index is 1.23. The third-order valence-electron chi connectivity index (χ3n) is 6.42. The van der Waals surface area contributed by atoms with Crippen molar-refractivity contribution in [2.24, 2.45) is 10.9 Å². The van der Waals surface area contributed by atoms with E-state index in [9.17, 15) is 4.79 Å². The zero-order chi connectivity index (χ0) is 20.9. The molecular weight excluding hydrogens is 376 g/mol. The number of nitrogens with zero attached hydrogens (tertiary/aromatic N) is 4. The van der Waals surface area contributed by atoms with Gasteiger partial charge < -0.3 is 19.9 Å². The summed E-state index contributed by atoms with van der Waals surface area (Å²) in [5.74, 6) is 1.42. The molecule has 162 valence electrons. The molecule has 30 heavy (non-hydrogen) atoms. The predicted octanol–water partition coefficient (Wildman–Crippen LogP) is 2.53. The van der Waals surface area contributed by atoms with Gasteiger partial charge in [0.15, 0.2) is 5.96 Å². The smallest absolute Gasteiger partial charge is 0.225 e. The van der Waals surface area contributed by atoms with Crippen LogP contribution in [0.5, 0.6) is 0 Å². The number of amides is 1. The molecule has 3 heterocycles. The minimum atomic E-state index is 0.254. The standard InChI is InChI=1S/C23H34N6O/c1-17-7-6-13-28-15-19(26-21(17)28)10-12-25-23(24-2)27-20-11-14-29(16-20)22(30)18-8-4-3-5-9-18/h6-7,13,15,18,20H,3-5,8-12,14,16H2,1-2H3,(H2,24,25,27). The van der Waals surface area contributed by atoms with E-state index in [1.54, 1.807) is 7.05 Å². The second kappa shape index (κ2) is 9.49. The van der Waals surface area contributed by atoms with Crippen LogP contribution < -0.4 is 10.6 Å². The monoisotopic (exact) mass is 410 g/mol. The number of carbonyl (C=O) groups is 1. The summed E-state index contributed by atoms with van der Waals surface area (Å²) in [5, 5.41) is 6.89. The Morgan fingerprint density at radius 1 is 1.27 bits per heavy atom. The molecular formula is C23H34N6O. The van der Waals surface area contributed by atoms with Gasteiger partial charge in [0, 0.05) is 57.5 Å². The van der Waals surface area contributed by atoms with Crippen molar-refractivity contribution in [1.82, 2.24) is 24.9 Å². The largest absolute Gasteiger partial charge is 0.356 e. The Bertz CT molecular complexity index is 898. The van der Waals surface area contributed by atoms with Crippen LogP contribution in [-0.4, -0.2) is 58.9 Å². The Morgan fingerprint density at radius 2 is 2.10 bits per heavy atom. The summed E-state index contributed by atoms with van der Waals surface area (Å²) < 4.78 is 2.08. The second-order valence-electron chi connectivity index (χ2n) is 8.65. The van der Waals surface area contributed by atoms with E-state index in [4.69, 9.17) is 4.98 Å². The van der Waals surface area contributed by atoms with Gasteiger partial charge in [-0.2, -0.15) is 0 Å². The molecule has 2 aromatic rings. The van der Waals surface area contributed by atoms with Crippen molar-refractivity contribution < 1.29 is 4.79 Å². The fourth-order valence-electron chi connectivity index (χ4n) is 4.71. The van der Waals surface area contributed by atoms with Crippen LogP contribution in [-0.2, 0) is 11.2 Å². The first-order valence-electron chi connectivity index (χ1n) is 11.3. The molecule has 2 aromatic heterocycles. The number of aryl methyl sites for hydroxylation is 1. The van der Waals surface area contributed by atoms with Crippen molar-refractivity contribution in [3.8, 4) is 0 Å². The maximum atomic E-state index is 12.8. The average Bonchev–Trinajstić information content (AvgIpc) is 3.41. The lowest BCUT2D eigenvalue weighted by atomic mass is 9.88. The van der Waals surface area contributed by atoms with E-state index in [0.717, 1.165) is 62.6 Å². The Morgan fingerprint density at radius 3 is 2.87 bits per heavy atom. The maximum absolute atomic E-state index is 12.8. The number of aromatic nitrogens is 2. The molecule has 1 unspecified atom stereocenters. The average molecular weight is 411 g/mol. The fourth-order valence-corrected chi connectivity index (χ4v) is 4.71. The fraction of sp³-hybridized carbons (Fsp3) is 0.609. The highest BCUT2D eigenvalue weighted by Crippen LogP contribution is 2.26. The highest BCUT2D eigenvalue weighted by atomic mass is 16.2. The molecule has 4 rings (SSSR count). The molecule has 1 aliphatic heterocycles. The van der Waals surface area contributed by atoms with E-state index in [0.29, 0.717) is 5.91 Å². The van der Waals surface area contributed by atoms with Crippen LogP contribution in [0.4, 0.5) is 0 Å². The number of hydrogen-bond donors (Lipinski definition) is 2. The van der Waals surface area contributed by atoms with Crippen LogP contribution >= 0.6 is 0 Å². The number of nitrogens with one attached hydrogen (secondary N) is 2. The number of aliphatic imine (C=N–C) groups is 1. The number of guanidine groups is 1. The topological polar surface area (TPSA) is 74.0 Å². The van der Waals surface area contributed by atoms with Crippen LogP contribution in [0.3, 0.4) is 0 Å². The summed E-state index contributed by atoms with van der Waals surface area (Å²) in [6.07, 6.45) is 11.8. The maximum Gasteiger partial charge on any atom is 0.225 e. The quantitative estimate of drug-likeness (QED) is 0.587. The van der Waals surface area contributed by atoms with Gasteiger partial charge >= 0.3 is 0 Å². The molecule has 7 nitrogen and oxygen atoms in total. The number of likely N-dealkylation sites (tertiary alicyclic amines) is 1. The van der Waals surface area contributed by atoms with Gasteiger partial charge in [-0.05, 0) is 37.8 Å². The molecule has 1 amide bonds. The number of hydrogen-bond acceptors (Lipinski definition) is 3. The summed E-state index contributed by atoms with van der Waals surface area (Å²) in [7, 11) is 1.80. The van der Waals surface area contributed by atoms with E-state index in [2.05, 4.69) is 44.1 Å². The van der Waals surface area contributed by atoms with Crippen LogP contribution in [0.1, 0.15) is 49.8 Å². The van der Waals surface area contributed by atoms with Gasteiger partial charge in [0.25, 0.3) is 0 Å². The van der Waals surface area contributed by atoms with Gasteiger partial charge in [-0.3, -0.25) is 9.79 Å². The molecule has 7 heteroatoms. The lowest BCUT2D eigenvalue weighted by Gasteiger charge is -2.26. The minimum Gasteiger partial charge on any atom is -0.356 e. The van der Waals surface area contributed by atoms with Crippen LogP contribution in [0, 0.1) is 12.8 Å². The van der Waals surface area contributed by atoms with Crippen molar-refractivity contribution in [1.29, 1.82) is 0 Å². The first-order valence-corrected chi connectivity index (χ1v) is 11.3. The van der Waals surface area contributed by atoms with E-state index in [1.165, 1.54) is 24.8 Å².